The summed E-state index contributed by atoms with van der Waals surface area (Å²) in [5.74, 6) is 5.41. The van der Waals surface area contributed by atoms with Crippen LogP contribution >= 0.6 is 0 Å². The molecule has 38 heavy (non-hydrogen) atoms. The average Bonchev–Trinajstić information content (AvgIpc) is 2.92. The molecule has 0 rings (SSSR count). The topological polar surface area (TPSA) is 76.4 Å². The summed E-state index contributed by atoms with van der Waals surface area (Å²) in [6.45, 7) is 6.10. The molecule has 0 aliphatic rings. The molecule has 0 amide bonds. The molecule has 0 aromatic rings. The average molecular weight is 540 g/mol. The Kier molecular flexibility index (Phi) is 32.0. The normalized spacial score (nSPS) is 12.2. The Hall–Kier alpha value is -0.650. The van der Waals surface area contributed by atoms with Gasteiger partial charge in [0.25, 0.3) is 0 Å². The van der Waals surface area contributed by atoms with E-state index in [9.17, 15) is 4.79 Å². The summed E-state index contributed by atoms with van der Waals surface area (Å²) in [5.41, 5.74) is 5.42. The summed E-state index contributed by atoms with van der Waals surface area (Å²) < 4.78 is 5.74. The minimum atomic E-state index is 0.0902. The molecule has 0 fully saturated rings. The van der Waals surface area contributed by atoms with Gasteiger partial charge in [0.15, 0.2) is 0 Å². The number of hydrogen-bond acceptors (Lipinski definition) is 5. The zero-order valence-corrected chi connectivity index (χ0v) is 26.0. The first-order chi connectivity index (χ1) is 18.8. The molecule has 0 aromatic heterocycles. The van der Waals surface area contributed by atoms with E-state index >= 15 is 0 Å². The van der Waals surface area contributed by atoms with Crippen LogP contribution in [-0.4, -0.2) is 19.1 Å². The second-order valence-electron chi connectivity index (χ2n) is 11.6. The number of carbonyl (C=O) groups excluding carboxylic acids is 1. The molecule has 0 aliphatic heterocycles. The molecule has 1 atom stereocenters. The Bertz CT molecular complexity index is 462. The fraction of sp³-hybridized carbons (Fsp3) is 0.970. The molecule has 4 N–H and O–H groups in total. The third-order valence-electron chi connectivity index (χ3n) is 7.94. The van der Waals surface area contributed by atoms with Gasteiger partial charge in [0.2, 0.25) is 0 Å². The highest BCUT2D eigenvalue weighted by Gasteiger charge is 2.19. The lowest BCUT2D eigenvalue weighted by molar-refractivity contribution is -0.149. The van der Waals surface area contributed by atoms with Crippen molar-refractivity contribution in [2.75, 3.05) is 13.2 Å². The van der Waals surface area contributed by atoms with E-state index in [4.69, 9.17) is 10.6 Å². The van der Waals surface area contributed by atoms with Gasteiger partial charge in [0.05, 0.1) is 12.5 Å². The first-order valence-electron chi connectivity index (χ1n) is 17.1. The first kappa shape index (κ1) is 37.4. The van der Waals surface area contributed by atoms with Gasteiger partial charge in [-0.25, -0.2) is 5.43 Å². The van der Waals surface area contributed by atoms with Crippen LogP contribution in [0.1, 0.15) is 187 Å². The highest BCUT2D eigenvalue weighted by molar-refractivity contribution is 5.72. The Labute approximate surface area is 238 Å². The summed E-state index contributed by atoms with van der Waals surface area (Å²) in [7, 11) is 0. The van der Waals surface area contributed by atoms with Gasteiger partial charge in [-0.2, -0.15) is 5.53 Å². The molecule has 0 saturated carbocycles. The van der Waals surface area contributed by atoms with E-state index in [1.54, 1.807) is 0 Å². The lowest BCUT2D eigenvalue weighted by atomic mass is 9.94. The molecular formula is C33H69N3O2. The third-order valence-corrected chi connectivity index (χ3v) is 7.94. The molecule has 0 saturated heterocycles. The quantitative estimate of drug-likeness (QED) is 0.0343. The maximum Gasteiger partial charge on any atom is 0.308 e. The van der Waals surface area contributed by atoms with Crippen LogP contribution in [0.15, 0.2) is 0 Å². The number of nitrogens with one attached hydrogen (secondary N) is 2. The second-order valence-corrected chi connectivity index (χ2v) is 11.6. The molecular weight excluding hydrogens is 470 g/mol. The third kappa shape index (κ3) is 28.4. The number of nitrogens with two attached hydrogens (primary N) is 1. The molecule has 0 aliphatic carbocycles. The second kappa shape index (κ2) is 32.6. The number of esters is 1. The molecule has 5 heteroatoms. The van der Waals surface area contributed by atoms with Crippen LogP contribution in [0.4, 0.5) is 0 Å². The van der Waals surface area contributed by atoms with Crippen molar-refractivity contribution in [3.05, 3.63) is 0 Å². The molecule has 1 unspecified atom stereocenters. The highest BCUT2D eigenvalue weighted by atomic mass is 16.5. The number of rotatable bonds is 32. The van der Waals surface area contributed by atoms with Crippen molar-refractivity contribution in [2.45, 2.75) is 187 Å². The number of unbranched alkanes of at least 4 members (excludes halogenated alkanes) is 22. The fourth-order valence-electron chi connectivity index (χ4n) is 5.34. The van der Waals surface area contributed by atoms with E-state index in [0.717, 1.165) is 25.8 Å². The van der Waals surface area contributed by atoms with E-state index < -0.39 is 0 Å². The van der Waals surface area contributed by atoms with Gasteiger partial charge in [0.1, 0.15) is 0 Å². The first-order valence-corrected chi connectivity index (χ1v) is 17.1. The summed E-state index contributed by atoms with van der Waals surface area (Å²) >= 11 is 0. The van der Waals surface area contributed by atoms with Crippen molar-refractivity contribution in [2.24, 2.45) is 11.8 Å². The van der Waals surface area contributed by atoms with Gasteiger partial charge >= 0.3 is 5.97 Å². The Morgan fingerprint density at radius 2 is 0.921 bits per heavy atom. The van der Waals surface area contributed by atoms with Crippen LogP contribution in [-0.2, 0) is 9.53 Å². The van der Waals surface area contributed by atoms with E-state index in [1.807, 2.05) is 0 Å². The maximum atomic E-state index is 12.7. The highest BCUT2D eigenvalue weighted by Crippen LogP contribution is 2.21. The molecule has 0 heterocycles. The molecule has 0 spiro atoms. The van der Waals surface area contributed by atoms with Gasteiger partial charge in [0, 0.05) is 6.54 Å². The number of ether oxygens (including phenoxy) is 1. The zero-order valence-electron chi connectivity index (χ0n) is 26.0. The standard InChI is InChI=1S/C33H69N3O2/c1-3-5-7-9-21-25-29-32(28-24-8-6-4-2)33(37)38-31-27-23-20-18-16-14-12-10-11-13-15-17-19-22-26-30-35-36-34/h32,35-36H,3-31,34H2,1-2H3. The van der Waals surface area contributed by atoms with Crippen molar-refractivity contribution < 1.29 is 9.53 Å². The van der Waals surface area contributed by atoms with Gasteiger partial charge < -0.3 is 4.74 Å². The predicted octanol–water partition coefficient (Wildman–Crippen LogP) is 9.69. The summed E-state index contributed by atoms with van der Waals surface area (Å²) in [6.07, 6.45) is 34.6. The molecule has 228 valence electrons. The molecule has 5 nitrogen and oxygen atoms in total. The monoisotopic (exact) mass is 540 g/mol. The van der Waals surface area contributed by atoms with Crippen molar-refractivity contribution in [1.82, 2.24) is 11.0 Å². The Morgan fingerprint density at radius 3 is 1.37 bits per heavy atom. The van der Waals surface area contributed by atoms with Crippen LogP contribution < -0.4 is 16.8 Å². The van der Waals surface area contributed by atoms with Crippen LogP contribution in [0.2, 0.25) is 0 Å². The fourth-order valence-corrected chi connectivity index (χ4v) is 5.34. The Morgan fingerprint density at radius 1 is 0.553 bits per heavy atom. The van der Waals surface area contributed by atoms with Crippen LogP contribution in [0.5, 0.6) is 0 Å². The molecule has 0 aromatic carbocycles. The number of carbonyl (C=O) groups is 1. The van der Waals surface area contributed by atoms with Crippen molar-refractivity contribution >= 4 is 5.97 Å². The van der Waals surface area contributed by atoms with Crippen molar-refractivity contribution in [3.8, 4) is 0 Å². The number of hydrazine groups is 2. The van der Waals surface area contributed by atoms with Gasteiger partial charge in [-0.3, -0.25) is 10.6 Å². The maximum absolute atomic E-state index is 12.7. The lowest BCUT2D eigenvalue weighted by Gasteiger charge is -2.16. The van der Waals surface area contributed by atoms with E-state index in [0.29, 0.717) is 6.61 Å². The van der Waals surface area contributed by atoms with Crippen molar-refractivity contribution in [1.29, 1.82) is 0 Å². The van der Waals surface area contributed by atoms with Crippen LogP contribution in [0.3, 0.4) is 0 Å². The van der Waals surface area contributed by atoms with Crippen molar-refractivity contribution in [3.63, 3.8) is 0 Å². The van der Waals surface area contributed by atoms with Gasteiger partial charge in [-0.15, -0.1) is 0 Å². The van der Waals surface area contributed by atoms with E-state index in [-0.39, 0.29) is 11.9 Å². The minimum Gasteiger partial charge on any atom is -0.465 e. The summed E-state index contributed by atoms with van der Waals surface area (Å²) in [4.78, 5) is 12.7. The SMILES string of the molecule is CCCCCCCCC(CCCCCC)C(=O)OCCCCCCCCCCCCCCCCCNNN. The largest absolute Gasteiger partial charge is 0.465 e. The lowest BCUT2D eigenvalue weighted by Crippen LogP contribution is -2.38. The van der Waals surface area contributed by atoms with Crippen LogP contribution in [0, 0.1) is 5.92 Å². The number of hydrogen-bond donors (Lipinski definition) is 3. The molecule has 0 bridgehead atoms. The Balaban J connectivity index is 3.60. The smallest absolute Gasteiger partial charge is 0.308 e. The van der Waals surface area contributed by atoms with E-state index in [1.165, 1.54) is 154 Å². The minimum absolute atomic E-state index is 0.0902. The van der Waals surface area contributed by atoms with E-state index in [2.05, 4.69) is 24.8 Å². The van der Waals surface area contributed by atoms with Gasteiger partial charge in [-0.05, 0) is 25.7 Å². The zero-order chi connectivity index (χ0) is 27.8. The summed E-state index contributed by atoms with van der Waals surface area (Å²) in [5, 5.41) is 0. The molecule has 0 radical (unpaired) electrons. The van der Waals surface area contributed by atoms with Gasteiger partial charge in [-0.1, -0.05) is 162 Å². The predicted molar refractivity (Wildman–Crippen MR) is 166 cm³/mol. The van der Waals surface area contributed by atoms with Crippen LogP contribution in [0.25, 0.3) is 0 Å². The summed E-state index contributed by atoms with van der Waals surface area (Å²) in [6, 6.07) is 0.